The van der Waals surface area contributed by atoms with Gasteiger partial charge in [-0.15, -0.1) is 0 Å². The van der Waals surface area contributed by atoms with Crippen LogP contribution in [0.15, 0.2) is 12.2 Å². The summed E-state index contributed by atoms with van der Waals surface area (Å²) in [6, 6.07) is 0. The van der Waals surface area contributed by atoms with Gasteiger partial charge in [-0.25, -0.2) is 9.59 Å². The monoisotopic (exact) mass is 255 g/mol. The Morgan fingerprint density at radius 1 is 1.22 bits per heavy atom. The van der Waals surface area contributed by atoms with Crippen LogP contribution in [-0.4, -0.2) is 30.8 Å². The number of carbonyl (C=O) groups excluding carboxylic acids is 2. The Morgan fingerprint density at radius 2 is 1.78 bits per heavy atom. The molecule has 2 unspecified atom stereocenters. The van der Waals surface area contributed by atoms with Gasteiger partial charge in [0, 0.05) is 12.1 Å². The van der Waals surface area contributed by atoms with E-state index in [1.807, 2.05) is 6.92 Å². The molecule has 2 atom stereocenters. The van der Waals surface area contributed by atoms with Crippen molar-refractivity contribution in [2.24, 2.45) is 0 Å². The molecule has 0 spiro atoms. The van der Waals surface area contributed by atoms with Crippen LogP contribution >= 0.6 is 0 Å². The summed E-state index contributed by atoms with van der Waals surface area (Å²) in [5.41, 5.74) is 0.359. The summed E-state index contributed by atoms with van der Waals surface area (Å²) in [4.78, 5) is 22.9. The van der Waals surface area contributed by atoms with Gasteiger partial charge < -0.3 is 14.8 Å². The van der Waals surface area contributed by atoms with Crippen LogP contribution in [0, 0.1) is 0 Å². The number of alkyl carbamates (subject to hydrolysis) is 1. The van der Waals surface area contributed by atoms with Crippen molar-refractivity contribution in [2.75, 3.05) is 6.54 Å². The normalized spacial score (nSPS) is 23.0. The van der Waals surface area contributed by atoms with E-state index in [0.717, 1.165) is 25.7 Å². The Balaban J connectivity index is 2.54. The molecule has 1 N–H and O–H groups in total. The van der Waals surface area contributed by atoms with E-state index in [4.69, 9.17) is 9.47 Å². The maximum absolute atomic E-state index is 11.5. The minimum absolute atomic E-state index is 0.353. The molecule has 0 saturated heterocycles. The van der Waals surface area contributed by atoms with Crippen molar-refractivity contribution >= 4 is 12.1 Å². The molecule has 1 aliphatic carbocycles. The molecule has 18 heavy (non-hydrogen) atoms. The molecule has 0 heterocycles. The Kier molecular flexibility index (Phi) is 5.68. The largest absolute Gasteiger partial charge is 0.455 e. The van der Waals surface area contributed by atoms with Gasteiger partial charge >= 0.3 is 12.1 Å². The van der Waals surface area contributed by atoms with Crippen molar-refractivity contribution in [3.8, 4) is 0 Å². The highest BCUT2D eigenvalue weighted by Gasteiger charge is 2.31. The van der Waals surface area contributed by atoms with Crippen LogP contribution in [0.1, 0.15) is 39.5 Å². The number of amides is 1. The summed E-state index contributed by atoms with van der Waals surface area (Å²) in [7, 11) is 0. The van der Waals surface area contributed by atoms with Crippen LogP contribution in [0.2, 0.25) is 0 Å². The molecule has 1 amide bonds. The number of hydrogen-bond acceptors (Lipinski definition) is 4. The lowest BCUT2D eigenvalue weighted by Crippen LogP contribution is -2.40. The molecule has 0 aromatic rings. The quantitative estimate of drug-likeness (QED) is 0.617. The Labute approximate surface area is 108 Å². The van der Waals surface area contributed by atoms with Gasteiger partial charge in [-0.3, -0.25) is 0 Å². The first-order valence-corrected chi connectivity index (χ1v) is 6.35. The second kappa shape index (κ2) is 7.03. The van der Waals surface area contributed by atoms with Crippen LogP contribution < -0.4 is 5.32 Å². The molecule has 0 aromatic carbocycles. The maximum Gasteiger partial charge on any atom is 0.407 e. The van der Waals surface area contributed by atoms with Crippen molar-refractivity contribution in [1.29, 1.82) is 0 Å². The highest BCUT2D eigenvalue weighted by molar-refractivity contribution is 5.87. The third-order valence-corrected chi connectivity index (χ3v) is 2.83. The molecule has 1 saturated carbocycles. The predicted octanol–water partition coefficient (Wildman–Crippen LogP) is 2.16. The number of nitrogens with one attached hydrogen (secondary N) is 1. The predicted molar refractivity (Wildman–Crippen MR) is 67.1 cm³/mol. The highest BCUT2D eigenvalue weighted by atomic mass is 16.6. The number of carbonyl (C=O) groups is 2. The topological polar surface area (TPSA) is 64.6 Å². The van der Waals surface area contributed by atoms with Gasteiger partial charge in [0.05, 0.1) is 0 Å². The van der Waals surface area contributed by atoms with Crippen molar-refractivity contribution in [3.05, 3.63) is 12.2 Å². The molecule has 5 heteroatoms. The van der Waals surface area contributed by atoms with Gasteiger partial charge in [-0.05, 0) is 39.5 Å². The summed E-state index contributed by atoms with van der Waals surface area (Å²) in [5.74, 6) is -0.425. The second-order valence-corrected chi connectivity index (χ2v) is 4.48. The zero-order chi connectivity index (χ0) is 13.5. The van der Waals surface area contributed by atoms with E-state index in [0.29, 0.717) is 12.1 Å². The van der Waals surface area contributed by atoms with Gasteiger partial charge in [0.1, 0.15) is 12.2 Å². The lowest BCUT2D eigenvalue weighted by atomic mass is 9.94. The van der Waals surface area contributed by atoms with E-state index < -0.39 is 12.1 Å². The summed E-state index contributed by atoms with van der Waals surface area (Å²) in [6.07, 6.45) is 2.24. The second-order valence-electron chi connectivity index (χ2n) is 4.48. The fraction of sp³-hybridized carbons (Fsp3) is 0.692. The third kappa shape index (κ3) is 4.39. The van der Waals surface area contributed by atoms with E-state index in [1.54, 1.807) is 6.92 Å². The molecule has 1 fully saturated rings. The number of ether oxygens (including phenoxy) is 2. The molecule has 0 bridgehead atoms. The summed E-state index contributed by atoms with van der Waals surface area (Å²) in [5, 5.41) is 2.57. The van der Waals surface area contributed by atoms with E-state index in [9.17, 15) is 9.59 Å². The fourth-order valence-corrected chi connectivity index (χ4v) is 1.89. The minimum Gasteiger partial charge on any atom is -0.455 e. The van der Waals surface area contributed by atoms with Gasteiger partial charge in [0.25, 0.3) is 0 Å². The van der Waals surface area contributed by atoms with E-state index in [1.165, 1.54) is 0 Å². The molecular weight excluding hydrogens is 234 g/mol. The van der Waals surface area contributed by atoms with Crippen LogP contribution in [0.25, 0.3) is 0 Å². The fourth-order valence-electron chi connectivity index (χ4n) is 1.89. The minimum atomic E-state index is -0.458. The zero-order valence-electron chi connectivity index (χ0n) is 11.0. The molecule has 1 rings (SSSR count). The molecule has 5 nitrogen and oxygen atoms in total. The van der Waals surface area contributed by atoms with Crippen LogP contribution in [0.4, 0.5) is 4.79 Å². The number of hydrogen-bond donors (Lipinski definition) is 1. The first-order valence-electron chi connectivity index (χ1n) is 6.35. The van der Waals surface area contributed by atoms with Gasteiger partial charge in [-0.2, -0.15) is 0 Å². The standard InChI is InChI=1S/C13H21NO4/c1-4-14-13(16)18-11-8-6-5-7-10(11)17-12(15)9(2)3/h10-11H,2,4-8H2,1,3H3,(H,14,16). The number of rotatable bonds is 4. The van der Waals surface area contributed by atoms with E-state index >= 15 is 0 Å². The average Bonchev–Trinajstić information content (AvgIpc) is 2.31. The Hall–Kier alpha value is -1.52. The maximum atomic E-state index is 11.5. The van der Waals surface area contributed by atoms with Crippen molar-refractivity contribution in [3.63, 3.8) is 0 Å². The van der Waals surface area contributed by atoms with Crippen molar-refractivity contribution < 1.29 is 19.1 Å². The van der Waals surface area contributed by atoms with Crippen molar-refractivity contribution in [1.82, 2.24) is 5.32 Å². The summed E-state index contributed by atoms with van der Waals surface area (Å²) < 4.78 is 10.6. The molecule has 0 radical (unpaired) electrons. The van der Waals surface area contributed by atoms with E-state index in [2.05, 4.69) is 11.9 Å². The SMILES string of the molecule is C=C(C)C(=O)OC1CCCCC1OC(=O)NCC. The average molecular weight is 255 g/mol. The van der Waals surface area contributed by atoms with Gasteiger partial charge in [-0.1, -0.05) is 6.58 Å². The van der Waals surface area contributed by atoms with Crippen LogP contribution in [0.3, 0.4) is 0 Å². The lowest BCUT2D eigenvalue weighted by Gasteiger charge is -2.30. The van der Waals surface area contributed by atoms with E-state index in [-0.39, 0.29) is 12.2 Å². The first-order chi connectivity index (χ1) is 8.54. The Bertz CT molecular complexity index is 327. The third-order valence-electron chi connectivity index (χ3n) is 2.83. The van der Waals surface area contributed by atoms with Crippen molar-refractivity contribution in [2.45, 2.75) is 51.7 Å². The molecule has 1 aliphatic rings. The number of esters is 1. The van der Waals surface area contributed by atoms with Gasteiger partial charge in [0.2, 0.25) is 0 Å². The lowest BCUT2D eigenvalue weighted by molar-refractivity contribution is -0.152. The molecule has 102 valence electrons. The Morgan fingerprint density at radius 3 is 2.28 bits per heavy atom. The highest BCUT2D eigenvalue weighted by Crippen LogP contribution is 2.24. The summed E-state index contributed by atoms with van der Waals surface area (Å²) in [6.45, 7) is 7.48. The van der Waals surface area contributed by atoms with Crippen LogP contribution in [-0.2, 0) is 14.3 Å². The zero-order valence-corrected chi connectivity index (χ0v) is 11.0. The van der Waals surface area contributed by atoms with Crippen LogP contribution in [0.5, 0.6) is 0 Å². The summed E-state index contributed by atoms with van der Waals surface area (Å²) >= 11 is 0. The smallest absolute Gasteiger partial charge is 0.407 e. The van der Waals surface area contributed by atoms with Gasteiger partial charge in [0.15, 0.2) is 0 Å². The first kappa shape index (κ1) is 14.5. The molecule has 0 aromatic heterocycles. The molecular formula is C13H21NO4. The molecule has 0 aliphatic heterocycles.